The minimum Gasteiger partial charge on any atom is -0.506 e. The average molecular weight is 355 g/mol. The second kappa shape index (κ2) is 5.86. The molecule has 24 heavy (non-hydrogen) atoms. The smallest absolute Gasteiger partial charge is 0.143 e. The Morgan fingerprint density at radius 2 is 1.46 bits per heavy atom. The van der Waals surface area contributed by atoms with Crippen LogP contribution in [0.25, 0.3) is 21.8 Å². The second-order valence-corrected chi connectivity index (χ2v) is 6.26. The molecule has 5 heteroatoms. The van der Waals surface area contributed by atoms with Crippen LogP contribution in [-0.4, -0.2) is 16.0 Å². The normalized spacial score (nSPS) is 11.8. The van der Waals surface area contributed by atoms with E-state index in [0.717, 1.165) is 21.8 Å². The van der Waals surface area contributed by atoms with Crippen molar-refractivity contribution in [2.75, 3.05) is 0 Å². The lowest BCUT2D eigenvalue weighted by molar-refractivity contribution is 0.474. The summed E-state index contributed by atoms with van der Waals surface area (Å²) in [6.45, 7) is 0. The maximum Gasteiger partial charge on any atom is 0.143 e. The number of aromatic hydroxyl groups is 1. The van der Waals surface area contributed by atoms with Gasteiger partial charge in [-0.15, -0.1) is 0 Å². The van der Waals surface area contributed by atoms with Crippen molar-refractivity contribution in [3.05, 3.63) is 76.3 Å². The monoisotopic (exact) mass is 354 g/mol. The van der Waals surface area contributed by atoms with Gasteiger partial charge >= 0.3 is 0 Å². The van der Waals surface area contributed by atoms with E-state index in [4.69, 9.17) is 23.2 Å². The fourth-order valence-electron chi connectivity index (χ4n) is 2.83. The van der Waals surface area contributed by atoms with E-state index in [1.54, 1.807) is 12.3 Å². The van der Waals surface area contributed by atoms with Crippen molar-refractivity contribution in [3.63, 3.8) is 0 Å². The zero-order valence-corrected chi connectivity index (χ0v) is 14.0. The van der Waals surface area contributed by atoms with Crippen LogP contribution in [0.5, 0.6) is 5.75 Å². The highest BCUT2D eigenvalue weighted by Gasteiger charge is 2.10. The van der Waals surface area contributed by atoms with Gasteiger partial charge in [-0.3, -0.25) is 0 Å². The highest BCUT2D eigenvalue weighted by Crippen LogP contribution is 2.31. The van der Waals surface area contributed by atoms with Crippen LogP contribution >= 0.6 is 23.2 Å². The van der Waals surface area contributed by atoms with E-state index < -0.39 is 0 Å². The van der Waals surface area contributed by atoms with E-state index in [9.17, 15) is 5.11 Å². The summed E-state index contributed by atoms with van der Waals surface area (Å²) in [5.41, 5.74) is 2.44. The molecule has 4 aromatic rings. The number of fused-ring (bicyclic) bond motifs is 3. The molecule has 0 saturated heterocycles. The molecule has 1 N–H and O–H groups in total. The molecule has 4 rings (SSSR count). The minimum atomic E-state index is -0.0365. The van der Waals surface area contributed by atoms with Crippen LogP contribution in [0.2, 0.25) is 10.0 Å². The van der Waals surface area contributed by atoms with Gasteiger partial charge in [-0.05, 0) is 24.3 Å². The summed E-state index contributed by atoms with van der Waals surface area (Å²) in [6, 6.07) is 19.2. The lowest BCUT2D eigenvalue weighted by Gasteiger charge is -2.03. The highest BCUT2D eigenvalue weighted by atomic mass is 35.5. The zero-order chi connectivity index (χ0) is 16.7. The minimum absolute atomic E-state index is 0.0365. The SMILES string of the molecule is Oc1c(Cl)cc(Cl)cc1/C=N\n1c2ccccc2c2ccccc21. The van der Waals surface area contributed by atoms with Gasteiger partial charge in [0.25, 0.3) is 0 Å². The van der Waals surface area contributed by atoms with Crippen molar-refractivity contribution in [1.29, 1.82) is 0 Å². The van der Waals surface area contributed by atoms with Crippen LogP contribution < -0.4 is 0 Å². The Morgan fingerprint density at radius 1 is 0.875 bits per heavy atom. The van der Waals surface area contributed by atoms with Crippen molar-refractivity contribution in [1.82, 2.24) is 4.68 Å². The predicted octanol–water partition coefficient (Wildman–Crippen LogP) is 5.69. The maximum absolute atomic E-state index is 10.1. The third kappa shape index (κ3) is 2.42. The molecule has 0 saturated carbocycles. The maximum atomic E-state index is 10.1. The molecule has 118 valence electrons. The first-order valence-electron chi connectivity index (χ1n) is 7.36. The second-order valence-electron chi connectivity index (χ2n) is 5.42. The number of nitrogens with zero attached hydrogens (tertiary/aromatic N) is 2. The van der Waals surface area contributed by atoms with E-state index in [1.807, 2.05) is 41.1 Å². The average Bonchev–Trinajstić information content (AvgIpc) is 2.91. The summed E-state index contributed by atoms with van der Waals surface area (Å²) >= 11 is 12.0. The molecule has 0 atom stereocenters. The molecule has 3 aromatic carbocycles. The number of phenols is 1. The van der Waals surface area contributed by atoms with E-state index in [-0.39, 0.29) is 10.8 Å². The number of rotatable bonds is 2. The fraction of sp³-hybridized carbons (Fsp3) is 0. The predicted molar refractivity (Wildman–Crippen MR) is 101 cm³/mol. The van der Waals surface area contributed by atoms with Gasteiger partial charge in [0.2, 0.25) is 0 Å². The molecule has 1 aromatic heterocycles. The Kier molecular flexibility index (Phi) is 3.68. The summed E-state index contributed by atoms with van der Waals surface area (Å²) in [5.74, 6) is -0.0365. The van der Waals surface area contributed by atoms with Crippen molar-refractivity contribution in [2.24, 2.45) is 5.10 Å². The van der Waals surface area contributed by atoms with Crippen molar-refractivity contribution >= 4 is 51.2 Å². The summed E-state index contributed by atoms with van der Waals surface area (Å²) < 4.78 is 1.85. The van der Waals surface area contributed by atoms with Gasteiger partial charge in [-0.25, -0.2) is 4.68 Å². The molecule has 3 nitrogen and oxygen atoms in total. The first kappa shape index (κ1) is 15.1. The standard InChI is InChI=1S/C19H12Cl2N2O/c20-13-9-12(19(24)16(21)10-13)11-22-23-17-7-3-1-5-14(17)15-6-2-4-8-18(15)23/h1-11,24H/b22-11-. The van der Waals surface area contributed by atoms with Crippen LogP contribution in [0.3, 0.4) is 0 Å². The van der Waals surface area contributed by atoms with Crippen LogP contribution in [0, 0.1) is 0 Å². The molecule has 0 aliphatic rings. The van der Waals surface area contributed by atoms with Crippen molar-refractivity contribution in [3.8, 4) is 5.75 Å². The highest BCUT2D eigenvalue weighted by molar-refractivity contribution is 6.36. The molecule has 0 fully saturated rings. The van der Waals surface area contributed by atoms with Crippen LogP contribution in [0.1, 0.15) is 5.56 Å². The molecular formula is C19H12Cl2N2O. The largest absolute Gasteiger partial charge is 0.506 e. The van der Waals surface area contributed by atoms with Gasteiger partial charge in [0.05, 0.1) is 22.3 Å². The number of aromatic nitrogens is 1. The Morgan fingerprint density at radius 3 is 2.08 bits per heavy atom. The first-order valence-corrected chi connectivity index (χ1v) is 8.11. The molecule has 0 radical (unpaired) electrons. The van der Waals surface area contributed by atoms with E-state index in [0.29, 0.717) is 10.6 Å². The Bertz CT molecular complexity index is 1050. The van der Waals surface area contributed by atoms with Crippen molar-refractivity contribution in [2.45, 2.75) is 0 Å². The van der Waals surface area contributed by atoms with Crippen LogP contribution in [-0.2, 0) is 0 Å². The van der Waals surface area contributed by atoms with Gasteiger partial charge in [0.1, 0.15) is 5.75 Å². The third-order valence-electron chi connectivity index (χ3n) is 3.92. The number of halogens is 2. The Labute approximate surface area is 148 Å². The number of hydrogen-bond donors (Lipinski definition) is 1. The summed E-state index contributed by atoms with van der Waals surface area (Å²) in [5, 5.41) is 17.5. The molecule has 0 unspecified atom stereocenters. The quantitative estimate of drug-likeness (QED) is 0.461. The lowest BCUT2D eigenvalue weighted by atomic mass is 10.2. The number of phenolic OH excluding ortho intramolecular Hbond substituents is 1. The van der Waals surface area contributed by atoms with E-state index in [2.05, 4.69) is 17.2 Å². The lowest BCUT2D eigenvalue weighted by Crippen LogP contribution is -1.91. The first-order chi connectivity index (χ1) is 11.6. The van der Waals surface area contributed by atoms with Crippen LogP contribution in [0.15, 0.2) is 65.8 Å². The van der Waals surface area contributed by atoms with Gasteiger partial charge < -0.3 is 5.11 Å². The summed E-state index contributed by atoms with van der Waals surface area (Å²) in [7, 11) is 0. The molecule has 0 amide bonds. The summed E-state index contributed by atoms with van der Waals surface area (Å²) in [4.78, 5) is 0. The molecular weight excluding hydrogens is 343 g/mol. The Balaban J connectivity index is 1.94. The molecule has 0 aliphatic heterocycles. The topological polar surface area (TPSA) is 37.5 Å². The van der Waals surface area contributed by atoms with Gasteiger partial charge in [0, 0.05) is 21.4 Å². The zero-order valence-electron chi connectivity index (χ0n) is 12.4. The molecule has 0 spiro atoms. The van der Waals surface area contributed by atoms with Gasteiger partial charge in [0.15, 0.2) is 0 Å². The van der Waals surface area contributed by atoms with Gasteiger partial charge in [-0.1, -0.05) is 59.6 Å². The number of para-hydroxylation sites is 2. The Hall–Kier alpha value is -2.49. The molecule has 1 heterocycles. The fourth-order valence-corrected chi connectivity index (χ4v) is 3.34. The summed E-state index contributed by atoms with van der Waals surface area (Å²) in [6.07, 6.45) is 1.56. The molecule has 0 aliphatic carbocycles. The van der Waals surface area contributed by atoms with E-state index in [1.165, 1.54) is 6.07 Å². The van der Waals surface area contributed by atoms with Gasteiger partial charge in [-0.2, -0.15) is 5.10 Å². The molecule has 0 bridgehead atoms. The number of benzene rings is 3. The third-order valence-corrected chi connectivity index (χ3v) is 4.43. The van der Waals surface area contributed by atoms with Crippen molar-refractivity contribution < 1.29 is 5.11 Å². The van der Waals surface area contributed by atoms with Crippen LogP contribution in [0.4, 0.5) is 0 Å². The number of hydrogen-bond acceptors (Lipinski definition) is 2. The van der Waals surface area contributed by atoms with E-state index >= 15 is 0 Å².